The number of benzene rings is 4. The molecule has 41 heteroatoms. The third-order valence-corrected chi connectivity index (χ3v) is 19.0. The topological polar surface area (TPSA) is 280 Å². The Morgan fingerprint density at radius 1 is 0.559 bits per heavy atom. The van der Waals surface area contributed by atoms with Crippen LogP contribution in [0.5, 0.6) is 23.0 Å². The van der Waals surface area contributed by atoms with Gasteiger partial charge in [-0.05, 0) is 114 Å². The number of fused-ring (bicyclic) bond motifs is 2. The number of hydrogen-bond acceptors (Lipinski definition) is 20. The van der Waals surface area contributed by atoms with E-state index < -0.39 is 103 Å². The molecule has 2 saturated heterocycles. The van der Waals surface area contributed by atoms with Crippen LogP contribution in [0.25, 0.3) is 9.92 Å². The van der Waals surface area contributed by atoms with Crippen molar-refractivity contribution in [2.45, 2.75) is 74.3 Å². The maximum absolute atomic E-state index is 13.7. The second kappa shape index (κ2) is 28.6. The maximum atomic E-state index is 13.7. The number of ether oxygens (including phenoxy) is 4. The van der Waals surface area contributed by atoms with Gasteiger partial charge in [-0.3, -0.25) is 19.2 Å². The number of anilines is 1. The highest BCUT2D eigenvalue weighted by Crippen LogP contribution is 2.32. The molecule has 0 aliphatic carbocycles. The summed E-state index contributed by atoms with van der Waals surface area (Å²) < 4.78 is 223. The van der Waals surface area contributed by atoms with E-state index >= 15 is 0 Å². The van der Waals surface area contributed by atoms with Crippen molar-refractivity contribution in [3.63, 3.8) is 0 Å². The first kappa shape index (κ1) is 70.6. The number of rotatable bonds is 15. The summed E-state index contributed by atoms with van der Waals surface area (Å²) in [5.74, 6) is -3.60. The molecule has 500 valence electrons. The summed E-state index contributed by atoms with van der Waals surface area (Å²) in [5.41, 5.74) is 1.41. The second-order valence-electron chi connectivity index (χ2n) is 19.4. The van der Waals surface area contributed by atoms with Crippen molar-refractivity contribution in [1.82, 2.24) is 53.8 Å². The number of halogens is 13. The van der Waals surface area contributed by atoms with Gasteiger partial charge in [-0.1, -0.05) is 46.9 Å². The molecule has 6 heterocycles. The molecule has 10 rings (SSSR count). The van der Waals surface area contributed by atoms with E-state index in [2.05, 4.69) is 71.0 Å². The molecule has 3 N–H and O–H groups in total. The van der Waals surface area contributed by atoms with E-state index in [1.807, 2.05) is 6.92 Å². The Balaban J connectivity index is 0.000000207. The SMILES string of the molecule is Cc1cc(=O)nc2sc(Br)nn12.Cc1cc(=O)nc2sc(N3CCN(S(=O)(=O)c4ccc(OC(F)(F)F)cc4)[C@@H](C(=O)NCc4ccc(OC(F)(F)F)cc4)C3)nn12.O=C(NCc1ccc(OC(F)(F)F)cc1)[C@H]1CNCCN1S(=O)(=O)c1ccc(OC(F)(F)F)cc1. The number of hydrogen-bond donors (Lipinski definition) is 3. The highest BCUT2D eigenvalue weighted by molar-refractivity contribution is 9.11. The zero-order chi connectivity index (χ0) is 68.0. The molecule has 0 unspecified atom stereocenters. The lowest BCUT2D eigenvalue weighted by Gasteiger charge is -2.39. The molecule has 24 nitrogen and oxygen atoms in total. The van der Waals surface area contributed by atoms with Gasteiger partial charge in [0.05, 0.1) is 9.79 Å². The minimum absolute atomic E-state index is 0.0291. The fourth-order valence-corrected chi connectivity index (χ4v) is 14.2. The molecule has 2 amide bonds. The highest BCUT2D eigenvalue weighted by atomic mass is 79.9. The standard InChI is InChI=1S/C26H22F6N6O6S2.C20H19F6N3O5S.C6H4BrN3OS/c1-15-12-21(39)34-23-38(15)35-24(45-23)36-10-11-37(46(41,42)19-8-6-18(7-9-19)44-26(30,31)32)20(14-36)22(40)33-13-16-2-4-17(5-3-16)43-25(27,28)29;21-19(22,23)33-14-3-1-13(2-4-14)11-28-18(30)17-12-27-9-10-29(17)35(31,32)16-7-5-15(6-8-16)34-20(24,25)26;1-3-2-4(11)8-6-10(3)9-5(7)12-6/h2-9,12,20H,10-11,13-14H2,1H3,(H,33,40);1-8,17,27H,9-12H2,(H,28,30);2H,1H3/t20-;17-;/m11./s1. The number of nitrogens with one attached hydrogen (secondary N) is 3. The highest BCUT2D eigenvalue weighted by Gasteiger charge is 2.43. The second-order valence-corrected chi connectivity index (χ2v) is 26.3. The lowest BCUT2D eigenvalue weighted by molar-refractivity contribution is -0.275. The van der Waals surface area contributed by atoms with Crippen molar-refractivity contribution >= 4 is 85.5 Å². The van der Waals surface area contributed by atoms with E-state index in [9.17, 15) is 88.7 Å². The molecule has 2 aliphatic rings. The van der Waals surface area contributed by atoms with E-state index in [0.717, 1.165) is 102 Å². The van der Waals surface area contributed by atoms with Gasteiger partial charge in [-0.2, -0.15) is 18.6 Å². The van der Waals surface area contributed by atoms with Crippen LogP contribution in [0.2, 0.25) is 0 Å². The van der Waals surface area contributed by atoms with E-state index in [4.69, 9.17) is 0 Å². The number of piperazine rings is 2. The molecule has 8 aromatic rings. The molecule has 2 fully saturated rings. The largest absolute Gasteiger partial charge is 0.573 e. The molecule has 4 aromatic carbocycles. The lowest BCUT2D eigenvalue weighted by Crippen LogP contribution is -2.60. The number of nitrogens with zero attached hydrogens (tertiary/aromatic N) is 9. The van der Waals surface area contributed by atoms with Gasteiger partial charge in [0.2, 0.25) is 46.9 Å². The quantitative estimate of drug-likeness (QED) is 0.0841. The van der Waals surface area contributed by atoms with Gasteiger partial charge in [0.15, 0.2) is 3.92 Å². The molecule has 93 heavy (non-hydrogen) atoms. The average Bonchev–Trinajstić information content (AvgIpc) is 1.66. The van der Waals surface area contributed by atoms with Crippen molar-refractivity contribution in [1.29, 1.82) is 0 Å². The lowest BCUT2D eigenvalue weighted by atomic mass is 10.2. The van der Waals surface area contributed by atoms with Gasteiger partial charge < -0.3 is 39.8 Å². The number of carbonyl (C=O) groups excluding carboxylic acids is 2. The summed E-state index contributed by atoms with van der Waals surface area (Å²) in [6.07, 6.45) is -19.7. The predicted octanol–water partition coefficient (Wildman–Crippen LogP) is 7.44. The first-order valence-corrected chi connectivity index (χ1v) is 31.6. The van der Waals surface area contributed by atoms with Gasteiger partial charge in [-0.15, -0.1) is 62.9 Å². The number of sulfonamides is 2. The number of aromatic nitrogens is 6. The normalized spacial score (nSPS) is 16.1. The van der Waals surface area contributed by atoms with E-state index in [1.165, 1.54) is 52.3 Å². The summed E-state index contributed by atoms with van der Waals surface area (Å²) in [6.45, 7) is 2.89. The summed E-state index contributed by atoms with van der Waals surface area (Å²) in [4.78, 5) is 58.6. The molecule has 0 radical (unpaired) electrons. The van der Waals surface area contributed by atoms with E-state index in [1.54, 1.807) is 16.3 Å². The number of amides is 2. The number of carbonyl (C=O) groups is 2. The van der Waals surface area contributed by atoms with Gasteiger partial charge in [0.1, 0.15) is 35.1 Å². The number of aryl methyl sites for hydroxylation is 2. The first-order chi connectivity index (χ1) is 43.4. The van der Waals surface area contributed by atoms with Gasteiger partial charge in [0.25, 0.3) is 11.1 Å². The van der Waals surface area contributed by atoms with Gasteiger partial charge in [-0.25, -0.2) is 25.9 Å². The van der Waals surface area contributed by atoms with Crippen LogP contribution in [0.3, 0.4) is 0 Å². The molecule has 4 aromatic heterocycles. The maximum Gasteiger partial charge on any atom is 0.573 e. The van der Waals surface area contributed by atoms with Crippen LogP contribution in [-0.2, 0) is 42.7 Å². The molecular weight excluding hydrogens is 1420 g/mol. The van der Waals surface area contributed by atoms with Crippen LogP contribution in [0, 0.1) is 13.8 Å². The molecule has 2 atom stereocenters. The van der Waals surface area contributed by atoms with E-state index in [0.29, 0.717) is 26.9 Å². The molecule has 0 bridgehead atoms. The number of alkyl halides is 12. The Bertz CT molecular complexity index is 4320. The molecule has 0 spiro atoms. The first-order valence-electron chi connectivity index (χ1n) is 26.3. The Labute approximate surface area is 532 Å². The van der Waals surface area contributed by atoms with Gasteiger partial charge >= 0.3 is 25.4 Å². The summed E-state index contributed by atoms with van der Waals surface area (Å²) in [5, 5.41) is 16.9. The minimum Gasteiger partial charge on any atom is -0.406 e. The van der Waals surface area contributed by atoms with Crippen molar-refractivity contribution in [3.8, 4) is 23.0 Å². The predicted molar refractivity (Wildman–Crippen MR) is 308 cm³/mol. The zero-order valence-corrected chi connectivity index (χ0v) is 52.0. The fraction of sp³-hybridized carbons (Fsp3) is 0.308. The molecular formula is C52H45BrF12N12O12S4. The molecule has 2 aliphatic heterocycles. The van der Waals surface area contributed by atoms with Crippen LogP contribution in [0.1, 0.15) is 22.5 Å². The Morgan fingerprint density at radius 2 is 0.935 bits per heavy atom. The Kier molecular flexibility index (Phi) is 21.7. The van der Waals surface area contributed by atoms with Crippen LogP contribution < -0.4 is 50.9 Å². The third-order valence-electron chi connectivity index (χ3n) is 12.8. The Morgan fingerprint density at radius 3 is 1.35 bits per heavy atom. The smallest absolute Gasteiger partial charge is 0.406 e. The summed E-state index contributed by atoms with van der Waals surface area (Å²) in [6, 6.07) is 16.7. The van der Waals surface area contributed by atoms with Crippen LogP contribution >= 0.6 is 38.6 Å². The van der Waals surface area contributed by atoms with Crippen LogP contribution in [-0.4, -0.2) is 143 Å². The monoisotopic (exact) mass is 1460 g/mol. The van der Waals surface area contributed by atoms with E-state index in [-0.39, 0.29) is 67.8 Å². The van der Waals surface area contributed by atoms with Crippen molar-refractivity contribution in [2.24, 2.45) is 0 Å². The van der Waals surface area contributed by atoms with Crippen molar-refractivity contribution in [2.75, 3.05) is 44.2 Å². The fourth-order valence-electron chi connectivity index (χ4n) is 8.76. The Hall–Kier alpha value is -8.22. The minimum atomic E-state index is -4.99. The average molecular weight is 1470 g/mol. The van der Waals surface area contributed by atoms with Crippen LogP contribution in [0.4, 0.5) is 57.8 Å². The van der Waals surface area contributed by atoms with Crippen molar-refractivity contribution < 1.29 is 98.1 Å². The van der Waals surface area contributed by atoms with Crippen LogP contribution in [0.15, 0.2) is 132 Å². The third kappa shape index (κ3) is 19.4. The summed E-state index contributed by atoms with van der Waals surface area (Å²) >= 11 is 5.61. The summed E-state index contributed by atoms with van der Waals surface area (Å²) in [7, 11) is -8.71. The molecule has 0 saturated carbocycles. The zero-order valence-electron chi connectivity index (χ0n) is 47.2. The van der Waals surface area contributed by atoms with Gasteiger partial charge in [0, 0.05) is 75.9 Å². The van der Waals surface area contributed by atoms with Crippen molar-refractivity contribution in [3.05, 3.63) is 156 Å².